The zero-order valence-corrected chi connectivity index (χ0v) is 10.1. The third kappa shape index (κ3) is 2.65. The summed E-state index contributed by atoms with van der Waals surface area (Å²) in [5.74, 6) is 1.36. The molecule has 0 saturated carbocycles. The van der Waals surface area contributed by atoms with Gasteiger partial charge in [0, 0.05) is 6.54 Å². The van der Waals surface area contributed by atoms with Gasteiger partial charge in [-0.25, -0.2) is 4.98 Å². The van der Waals surface area contributed by atoms with E-state index in [9.17, 15) is 0 Å². The molecule has 90 valence electrons. The van der Waals surface area contributed by atoms with Gasteiger partial charge in [-0.05, 0) is 18.7 Å². The Morgan fingerprint density at radius 3 is 2.94 bits per heavy atom. The van der Waals surface area contributed by atoms with E-state index in [-0.39, 0.29) is 0 Å². The lowest BCUT2D eigenvalue weighted by atomic mass is 10.2. The fraction of sp³-hybridized carbons (Fsp3) is 0.308. The summed E-state index contributed by atoms with van der Waals surface area (Å²) < 4.78 is 10.7. The number of rotatable bonds is 5. The second-order valence-electron chi connectivity index (χ2n) is 3.62. The standard InChI is InChI=1S/C13H16N2O2/c1-3-14-8-10-9-17-13(15-10)11-6-4-5-7-12(11)16-2/h4-7,9,14H,3,8H2,1-2H3. The Balaban J connectivity index is 2.24. The number of hydrogen-bond acceptors (Lipinski definition) is 4. The van der Waals surface area contributed by atoms with Crippen molar-refractivity contribution in [2.45, 2.75) is 13.5 Å². The van der Waals surface area contributed by atoms with E-state index in [4.69, 9.17) is 9.15 Å². The highest BCUT2D eigenvalue weighted by atomic mass is 16.5. The Labute approximate surface area is 101 Å². The molecule has 0 radical (unpaired) electrons. The first kappa shape index (κ1) is 11.7. The monoisotopic (exact) mass is 232 g/mol. The average Bonchev–Trinajstić information content (AvgIpc) is 2.85. The average molecular weight is 232 g/mol. The van der Waals surface area contributed by atoms with Gasteiger partial charge in [0.05, 0.1) is 18.4 Å². The molecule has 2 aromatic rings. The van der Waals surface area contributed by atoms with Crippen LogP contribution in [0.1, 0.15) is 12.6 Å². The molecule has 0 aliphatic carbocycles. The predicted molar refractivity (Wildman–Crippen MR) is 65.9 cm³/mol. The lowest BCUT2D eigenvalue weighted by Crippen LogP contribution is -2.11. The molecule has 1 N–H and O–H groups in total. The second kappa shape index (κ2) is 5.50. The summed E-state index contributed by atoms with van der Waals surface area (Å²) in [6, 6.07) is 7.68. The topological polar surface area (TPSA) is 47.3 Å². The first-order valence-electron chi connectivity index (χ1n) is 5.63. The summed E-state index contributed by atoms with van der Waals surface area (Å²) in [4.78, 5) is 4.42. The molecule has 1 aromatic heterocycles. The number of ether oxygens (including phenoxy) is 1. The highest BCUT2D eigenvalue weighted by Gasteiger charge is 2.10. The van der Waals surface area contributed by atoms with E-state index in [1.54, 1.807) is 13.4 Å². The summed E-state index contributed by atoms with van der Waals surface area (Å²) in [6.07, 6.45) is 1.67. The maximum atomic E-state index is 5.46. The van der Waals surface area contributed by atoms with E-state index in [1.165, 1.54) is 0 Å². The van der Waals surface area contributed by atoms with Crippen LogP contribution in [0.25, 0.3) is 11.5 Å². The van der Waals surface area contributed by atoms with Crippen LogP contribution in [-0.4, -0.2) is 18.6 Å². The van der Waals surface area contributed by atoms with Crippen molar-refractivity contribution in [1.82, 2.24) is 10.3 Å². The molecule has 4 nitrogen and oxygen atoms in total. The number of para-hydroxylation sites is 1. The first-order valence-corrected chi connectivity index (χ1v) is 5.63. The largest absolute Gasteiger partial charge is 0.496 e. The van der Waals surface area contributed by atoms with Gasteiger partial charge in [0.25, 0.3) is 0 Å². The molecule has 0 unspecified atom stereocenters. The van der Waals surface area contributed by atoms with Crippen molar-refractivity contribution >= 4 is 0 Å². The Morgan fingerprint density at radius 2 is 2.18 bits per heavy atom. The van der Waals surface area contributed by atoms with Crippen LogP contribution in [0.15, 0.2) is 34.9 Å². The highest BCUT2D eigenvalue weighted by Crippen LogP contribution is 2.28. The summed E-state index contributed by atoms with van der Waals surface area (Å²) >= 11 is 0. The quantitative estimate of drug-likeness (QED) is 0.860. The lowest BCUT2D eigenvalue weighted by molar-refractivity contribution is 0.414. The van der Waals surface area contributed by atoms with Crippen molar-refractivity contribution in [3.63, 3.8) is 0 Å². The Bertz CT molecular complexity index is 480. The fourth-order valence-corrected chi connectivity index (χ4v) is 1.59. The van der Waals surface area contributed by atoms with E-state index in [0.717, 1.165) is 30.1 Å². The van der Waals surface area contributed by atoms with Crippen molar-refractivity contribution in [1.29, 1.82) is 0 Å². The molecule has 2 rings (SSSR count). The molecular weight excluding hydrogens is 216 g/mol. The van der Waals surface area contributed by atoms with E-state index < -0.39 is 0 Å². The lowest BCUT2D eigenvalue weighted by Gasteiger charge is -2.03. The second-order valence-corrected chi connectivity index (χ2v) is 3.62. The summed E-state index contributed by atoms with van der Waals surface area (Å²) in [6.45, 7) is 3.69. The van der Waals surface area contributed by atoms with Crippen molar-refractivity contribution in [3.05, 3.63) is 36.2 Å². The first-order chi connectivity index (χ1) is 8.35. The van der Waals surface area contributed by atoms with Crippen LogP contribution < -0.4 is 10.1 Å². The SMILES string of the molecule is CCNCc1coc(-c2ccccc2OC)n1. The van der Waals surface area contributed by atoms with Crippen LogP contribution in [-0.2, 0) is 6.54 Å². The number of aromatic nitrogens is 1. The van der Waals surface area contributed by atoms with E-state index in [0.29, 0.717) is 5.89 Å². The number of oxazole rings is 1. The zero-order valence-electron chi connectivity index (χ0n) is 10.1. The minimum absolute atomic E-state index is 0.593. The molecule has 1 aromatic carbocycles. The third-order valence-electron chi connectivity index (χ3n) is 2.45. The van der Waals surface area contributed by atoms with Gasteiger partial charge in [-0.1, -0.05) is 19.1 Å². The molecule has 0 amide bonds. The van der Waals surface area contributed by atoms with Gasteiger partial charge in [0.2, 0.25) is 5.89 Å². The number of nitrogens with zero attached hydrogens (tertiary/aromatic N) is 1. The van der Waals surface area contributed by atoms with Crippen LogP contribution >= 0.6 is 0 Å². The van der Waals surface area contributed by atoms with Gasteiger partial charge < -0.3 is 14.5 Å². The minimum atomic E-state index is 0.593. The number of hydrogen-bond donors (Lipinski definition) is 1. The maximum absolute atomic E-state index is 5.46. The Hall–Kier alpha value is -1.81. The highest BCUT2D eigenvalue weighted by molar-refractivity contribution is 5.62. The van der Waals surface area contributed by atoms with Crippen molar-refractivity contribution < 1.29 is 9.15 Å². The molecular formula is C13H16N2O2. The van der Waals surface area contributed by atoms with Crippen LogP contribution in [0.2, 0.25) is 0 Å². The Kier molecular flexibility index (Phi) is 3.77. The minimum Gasteiger partial charge on any atom is -0.496 e. The van der Waals surface area contributed by atoms with Gasteiger partial charge in [0.1, 0.15) is 12.0 Å². The molecule has 0 aliphatic heterocycles. The number of methoxy groups -OCH3 is 1. The maximum Gasteiger partial charge on any atom is 0.229 e. The van der Waals surface area contributed by atoms with Gasteiger partial charge in [-0.15, -0.1) is 0 Å². The van der Waals surface area contributed by atoms with E-state index in [1.807, 2.05) is 24.3 Å². The fourth-order valence-electron chi connectivity index (χ4n) is 1.59. The van der Waals surface area contributed by atoms with Gasteiger partial charge in [-0.2, -0.15) is 0 Å². The number of nitrogens with one attached hydrogen (secondary N) is 1. The van der Waals surface area contributed by atoms with Crippen molar-refractivity contribution in [2.24, 2.45) is 0 Å². The summed E-state index contributed by atoms with van der Waals surface area (Å²) in [5, 5.41) is 3.20. The van der Waals surface area contributed by atoms with Crippen LogP contribution in [0.3, 0.4) is 0 Å². The van der Waals surface area contributed by atoms with Crippen molar-refractivity contribution in [3.8, 4) is 17.2 Å². The van der Waals surface area contributed by atoms with Crippen LogP contribution in [0.4, 0.5) is 0 Å². The van der Waals surface area contributed by atoms with Crippen molar-refractivity contribution in [2.75, 3.05) is 13.7 Å². The molecule has 0 bridgehead atoms. The smallest absolute Gasteiger partial charge is 0.229 e. The molecule has 0 aliphatic rings. The number of benzene rings is 1. The zero-order chi connectivity index (χ0) is 12.1. The summed E-state index contributed by atoms with van der Waals surface area (Å²) in [5.41, 5.74) is 1.77. The van der Waals surface area contributed by atoms with Gasteiger partial charge in [0.15, 0.2) is 0 Å². The molecule has 0 fully saturated rings. The summed E-state index contributed by atoms with van der Waals surface area (Å²) in [7, 11) is 1.64. The molecule has 4 heteroatoms. The molecule has 0 saturated heterocycles. The Morgan fingerprint density at radius 1 is 1.35 bits per heavy atom. The predicted octanol–water partition coefficient (Wildman–Crippen LogP) is 2.46. The molecule has 0 atom stereocenters. The van der Waals surface area contributed by atoms with Gasteiger partial charge in [-0.3, -0.25) is 0 Å². The van der Waals surface area contributed by atoms with Crippen LogP contribution in [0, 0.1) is 0 Å². The molecule has 1 heterocycles. The van der Waals surface area contributed by atoms with Crippen LogP contribution in [0.5, 0.6) is 5.75 Å². The molecule has 17 heavy (non-hydrogen) atoms. The van der Waals surface area contributed by atoms with E-state index in [2.05, 4.69) is 17.2 Å². The van der Waals surface area contributed by atoms with E-state index >= 15 is 0 Å². The van der Waals surface area contributed by atoms with Gasteiger partial charge >= 0.3 is 0 Å². The normalized spacial score (nSPS) is 10.5. The third-order valence-corrected chi connectivity index (χ3v) is 2.45. The molecule has 0 spiro atoms.